The number of carbonyl (C=O) groups is 1. The number of carbonyl (C=O) groups excluding carboxylic acids is 1. The normalized spacial score (nSPS) is 14.3. The van der Waals surface area contributed by atoms with Gasteiger partial charge < -0.3 is 14.7 Å². The summed E-state index contributed by atoms with van der Waals surface area (Å²) in [5.41, 5.74) is 2.67. The van der Waals surface area contributed by atoms with E-state index in [1.54, 1.807) is 6.20 Å². The molecule has 27 heavy (non-hydrogen) atoms. The monoisotopic (exact) mass is 386 g/mol. The lowest BCUT2D eigenvalue weighted by molar-refractivity contribution is 0.0741. The van der Waals surface area contributed by atoms with Gasteiger partial charge in [0.15, 0.2) is 0 Å². The van der Waals surface area contributed by atoms with Crippen molar-refractivity contribution < 1.29 is 4.79 Å². The van der Waals surface area contributed by atoms with Crippen molar-refractivity contribution in [3.05, 3.63) is 53.3 Å². The standard InChI is InChI=1S/C21H27ClN4O/c1-3-4-10-24(2)18-8-9-23-20(16-18)21(27)26-13-11-25(12-14-26)19-7-5-6-17(22)15-19/h5-9,15-16H,3-4,10-14H2,1-2H3. The molecular formula is C21H27ClN4O. The van der Waals surface area contributed by atoms with E-state index in [-0.39, 0.29) is 5.91 Å². The molecule has 2 aromatic rings. The number of hydrogen-bond acceptors (Lipinski definition) is 4. The van der Waals surface area contributed by atoms with Gasteiger partial charge in [0.2, 0.25) is 0 Å². The molecule has 3 rings (SSSR count). The average molecular weight is 387 g/mol. The molecule has 0 spiro atoms. The van der Waals surface area contributed by atoms with Crippen molar-refractivity contribution in [1.82, 2.24) is 9.88 Å². The predicted molar refractivity (Wildman–Crippen MR) is 112 cm³/mol. The summed E-state index contributed by atoms with van der Waals surface area (Å²) in [4.78, 5) is 23.5. The second-order valence-corrected chi connectivity index (χ2v) is 7.37. The first-order valence-electron chi connectivity index (χ1n) is 9.55. The minimum Gasteiger partial charge on any atom is -0.374 e. The number of piperazine rings is 1. The Morgan fingerprint density at radius 3 is 2.67 bits per heavy atom. The highest BCUT2D eigenvalue weighted by Crippen LogP contribution is 2.21. The SMILES string of the molecule is CCCCN(C)c1ccnc(C(=O)N2CCN(c3cccc(Cl)c3)CC2)c1. The summed E-state index contributed by atoms with van der Waals surface area (Å²) in [5.74, 6) is 0.00601. The maximum absolute atomic E-state index is 12.9. The molecule has 1 aromatic heterocycles. The molecule has 1 saturated heterocycles. The van der Waals surface area contributed by atoms with E-state index < -0.39 is 0 Å². The summed E-state index contributed by atoms with van der Waals surface area (Å²) in [6, 6.07) is 11.7. The van der Waals surface area contributed by atoms with E-state index in [9.17, 15) is 4.79 Å². The molecular weight excluding hydrogens is 360 g/mol. The van der Waals surface area contributed by atoms with E-state index in [1.807, 2.05) is 35.2 Å². The molecule has 0 unspecified atom stereocenters. The van der Waals surface area contributed by atoms with E-state index in [0.29, 0.717) is 18.8 Å². The predicted octanol–water partition coefficient (Wildman–Crippen LogP) is 3.93. The Labute approximate surface area is 166 Å². The molecule has 1 aliphatic rings. The lowest BCUT2D eigenvalue weighted by Gasteiger charge is -2.36. The molecule has 2 heterocycles. The van der Waals surface area contributed by atoms with Crippen LogP contribution >= 0.6 is 11.6 Å². The Hall–Kier alpha value is -2.27. The van der Waals surface area contributed by atoms with Crippen molar-refractivity contribution in [2.75, 3.05) is 49.6 Å². The van der Waals surface area contributed by atoms with E-state index in [4.69, 9.17) is 11.6 Å². The third-order valence-corrected chi connectivity index (χ3v) is 5.23. The van der Waals surface area contributed by atoms with E-state index in [1.165, 1.54) is 0 Å². The number of rotatable bonds is 6. The molecule has 5 nitrogen and oxygen atoms in total. The van der Waals surface area contributed by atoms with Crippen LogP contribution in [0.15, 0.2) is 42.6 Å². The van der Waals surface area contributed by atoms with Gasteiger partial charge in [-0.1, -0.05) is 31.0 Å². The summed E-state index contributed by atoms with van der Waals surface area (Å²) in [7, 11) is 2.06. The van der Waals surface area contributed by atoms with Gasteiger partial charge in [-0.3, -0.25) is 9.78 Å². The number of anilines is 2. The first kappa shape index (κ1) is 19.5. The van der Waals surface area contributed by atoms with Gasteiger partial charge in [0, 0.05) is 62.4 Å². The molecule has 1 fully saturated rings. The lowest BCUT2D eigenvalue weighted by atomic mass is 10.2. The Balaban J connectivity index is 1.62. The number of aromatic nitrogens is 1. The zero-order valence-corrected chi connectivity index (χ0v) is 16.8. The number of unbranched alkanes of at least 4 members (excludes halogenated alkanes) is 1. The average Bonchev–Trinajstić information content (AvgIpc) is 2.71. The van der Waals surface area contributed by atoms with Gasteiger partial charge in [0.25, 0.3) is 5.91 Å². The van der Waals surface area contributed by atoms with Gasteiger partial charge in [-0.2, -0.15) is 0 Å². The molecule has 0 radical (unpaired) electrons. The number of hydrogen-bond donors (Lipinski definition) is 0. The summed E-state index contributed by atoms with van der Waals surface area (Å²) >= 11 is 6.09. The molecule has 1 aliphatic heterocycles. The fourth-order valence-electron chi connectivity index (χ4n) is 3.30. The van der Waals surface area contributed by atoms with Crippen LogP contribution in [0.5, 0.6) is 0 Å². The van der Waals surface area contributed by atoms with Crippen molar-refractivity contribution >= 4 is 28.9 Å². The Bertz CT molecular complexity index is 774. The van der Waals surface area contributed by atoms with Crippen LogP contribution < -0.4 is 9.80 Å². The summed E-state index contributed by atoms with van der Waals surface area (Å²) in [6.07, 6.45) is 4.01. The fourth-order valence-corrected chi connectivity index (χ4v) is 3.49. The van der Waals surface area contributed by atoms with Crippen molar-refractivity contribution in [1.29, 1.82) is 0 Å². The second kappa shape index (κ2) is 9.09. The van der Waals surface area contributed by atoms with Crippen molar-refractivity contribution in [3.8, 4) is 0 Å². The van der Waals surface area contributed by atoms with Crippen LogP contribution in [0.25, 0.3) is 0 Å². The topological polar surface area (TPSA) is 39.7 Å². The minimum atomic E-state index is 0.00601. The zero-order valence-electron chi connectivity index (χ0n) is 16.1. The van der Waals surface area contributed by atoms with Crippen LogP contribution in [0.3, 0.4) is 0 Å². The van der Waals surface area contributed by atoms with Crippen LogP contribution in [0.1, 0.15) is 30.3 Å². The third kappa shape index (κ3) is 4.92. The van der Waals surface area contributed by atoms with E-state index in [0.717, 1.165) is 48.9 Å². The molecule has 144 valence electrons. The van der Waals surface area contributed by atoms with Crippen molar-refractivity contribution in [2.45, 2.75) is 19.8 Å². The van der Waals surface area contributed by atoms with E-state index >= 15 is 0 Å². The number of pyridine rings is 1. The fraction of sp³-hybridized carbons (Fsp3) is 0.429. The van der Waals surface area contributed by atoms with Crippen molar-refractivity contribution in [3.63, 3.8) is 0 Å². The van der Waals surface area contributed by atoms with Crippen LogP contribution in [0.2, 0.25) is 5.02 Å². The Morgan fingerprint density at radius 1 is 1.19 bits per heavy atom. The quantitative estimate of drug-likeness (QED) is 0.754. The Morgan fingerprint density at radius 2 is 1.96 bits per heavy atom. The highest BCUT2D eigenvalue weighted by Gasteiger charge is 2.23. The van der Waals surface area contributed by atoms with Gasteiger partial charge in [0.05, 0.1) is 0 Å². The number of nitrogens with zero attached hydrogens (tertiary/aromatic N) is 4. The number of halogens is 1. The zero-order chi connectivity index (χ0) is 19.2. The van der Waals surface area contributed by atoms with Crippen LogP contribution in [-0.2, 0) is 0 Å². The largest absolute Gasteiger partial charge is 0.374 e. The molecule has 6 heteroatoms. The molecule has 0 bridgehead atoms. The molecule has 0 atom stereocenters. The molecule has 0 N–H and O–H groups in total. The maximum atomic E-state index is 12.9. The summed E-state index contributed by atoms with van der Waals surface area (Å²) in [5, 5.41) is 0.735. The van der Waals surface area contributed by atoms with Gasteiger partial charge in [-0.25, -0.2) is 0 Å². The molecule has 0 aliphatic carbocycles. The number of benzene rings is 1. The van der Waals surface area contributed by atoms with Gasteiger partial charge in [0.1, 0.15) is 5.69 Å². The van der Waals surface area contributed by atoms with Gasteiger partial charge >= 0.3 is 0 Å². The maximum Gasteiger partial charge on any atom is 0.272 e. The summed E-state index contributed by atoms with van der Waals surface area (Å²) in [6.45, 7) is 6.11. The van der Waals surface area contributed by atoms with Crippen molar-refractivity contribution in [2.24, 2.45) is 0 Å². The minimum absolute atomic E-state index is 0.00601. The van der Waals surface area contributed by atoms with Gasteiger partial charge in [-0.05, 0) is 36.8 Å². The molecule has 1 aromatic carbocycles. The lowest BCUT2D eigenvalue weighted by Crippen LogP contribution is -2.49. The van der Waals surface area contributed by atoms with E-state index in [2.05, 4.69) is 34.8 Å². The molecule has 1 amide bonds. The highest BCUT2D eigenvalue weighted by molar-refractivity contribution is 6.30. The van der Waals surface area contributed by atoms with Crippen LogP contribution in [-0.4, -0.2) is 55.6 Å². The smallest absolute Gasteiger partial charge is 0.272 e. The third-order valence-electron chi connectivity index (χ3n) is 4.99. The van der Waals surface area contributed by atoms with Crippen LogP contribution in [0.4, 0.5) is 11.4 Å². The van der Waals surface area contributed by atoms with Gasteiger partial charge in [-0.15, -0.1) is 0 Å². The second-order valence-electron chi connectivity index (χ2n) is 6.93. The summed E-state index contributed by atoms with van der Waals surface area (Å²) < 4.78 is 0. The first-order chi connectivity index (χ1) is 13.1. The Kier molecular flexibility index (Phi) is 6.56. The first-order valence-corrected chi connectivity index (χ1v) is 9.93. The van der Waals surface area contributed by atoms with Crippen LogP contribution in [0, 0.1) is 0 Å². The molecule has 0 saturated carbocycles. The highest BCUT2D eigenvalue weighted by atomic mass is 35.5. The number of amides is 1.